The number of aromatic nitrogens is 3. The van der Waals surface area contributed by atoms with Gasteiger partial charge >= 0.3 is 0 Å². The van der Waals surface area contributed by atoms with Crippen LogP contribution in [0.4, 0.5) is 0 Å². The molecule has 1 aliphatic carbocycles. The molecule has 78 valence electrons. The highest BCUT2D eigenvalue weighted by Crippen LogP contribution is 2.46. The first-order valence-electron chi connectivity index (χ1n) is 4.87. The Morgan fingerprint density at radius 1 is 1.53 bits per heavy atom. The lowest BCUT2D eigenvalue weighted by Gasteiger charge is -2.03. The van der Waals surface area contributed by atoms with Gasteiger partial charge in [0.25, 0.3) is 0 Å². The van der Waals surface area contributed by atoms with Crippen LogP contribution in [0, 0.1) is 0 Å². The summed E-state index contributed by atoms with van der Waals surface area (Å²) in [7, 11) is 0. The lowest BCUT2D eigenvalue weighted by atomic mass is 10.1. The minimum absolute atomic E-state index is 0.144. The van der Waals surface area contributed by atoms with Crippen LogP contribution in [-0.2, 0) is 5.41 Å². The smallest absolute Gasteiger partial charge is 0.160 e. The number of aliphatic hydroxyl groups excluding tert-OH is 1. The molecule has 4 nitrogen and oxygen atoms in total. The standard InChI is InChI=1S/C10H10BrN3O/c11-7-1-4-14-8(5-7)12-9(13-14)10(6-15)2-3-10/h1,4-5,15H,2-3,6H2. The minimum atomic E-state index is -0.154. The van der Waals surface area contributed by atoms with E-state index in [1.54, 1.807) is 4.52 Å². The zero-order valence-corrected chi connectivity index (χ0v) is 9.61. The van der Waals surface area contributed by atoms with Gasteiger partial charge in [0.05, 0.1) is 12.0 Å². The van der Waals surface area contributed by atoms with Crippen LogP contribution in [-0.4, -0.2) is 26.3 Å². The molecule has 1 N–H and O–H groups in total. The Morgan fingerprint density at radius 2 is 2.33 bits per heavy atom. The van der Waals surface area contributed by atoms with Crippen molar-refractivity contribution < 1.29 is 5.11 Å². The summed E-state index contributed by atoms with van der Waals surface area (Å²) < 4.78 is 2.73. The van der Waals surface area contributed by atoms with Crippen LogP contribution in [0.15, 0.2) is 22.8 Å². The van der Waals surface area contributed by atoms with Crippen molar-refractivity contribution in [1.29, 1.82) is 0 Å². The molecule has 0 bridgehead atoms. The lowest BCUT2D eigenvalue weighted by Crippen LogP contribution is -2.14. The minimum Gasteiger partial charge on any atom is -0.395 e. The van der Waals surface area contributed by atoms with E-state index in [-0.39, 0.29) is 12.0 Å². The summed E-state index contributed by atoms with van der Waals surface area (Å²) in [5, 5.41) is 13.7. The highest BCUT2D eigenvalue weighted by atomic mass is 79.9. The number of fused-ring (bicyclic) bond motifs is 1. The van der Waals surface area contributed by atoms with Gasteiger partial charge in [0.2, 0.25) is 0 Å². The summed E-state index contributed by atoms with van der Waals surface area (Å²) in [5.74, 6) is 0.767. The molecule has 15 heavy (non-hydrogen) atoms. The van der Waals surface area contributed by atoms with E-state index < -0.39 is 0 Å². The van der Waals surface area contributed by atoms with Crippen molar-refractivity contribution in [1.82, 2.24) is 14.6 Å². The molecule has 2 aromatic heterocycles. The first-order chi connectivity index (χ1) is 7.23. The number of pyridine rings is 1. The predicted molar refractivity (Wildman–Crippen MR) is 58.7 cm³/mol. The van der Waals surface area contributed by atoms with Gasteiger partial charge in [0, 0.05) is 10.7 Å². The van der Waals surface area contributed by atoms with Crippen LogP contribution >= 0.6 is 15.9 Å². The molecule has 0 aliphatic heterocycles. The van der Waals surface area contributed by atoms with Gasteiger partial charge in [-0.1, -0.05) is 15.9 Å². The number of halogens is 1. The van der Waals surface area contributed by atoms with Gasteiger partial charge in [0.15, 0.2) is 11.5 Å². The maximum Gasteiger partial charge on any atom is 0.160 e. The molecule has 1 saturated carbocycles. The Bertz CT molecular complexity index is 518. The van der Waals surface area contributed by atoms with Crippen LogP contribution < -0.4 is 0 Å². The van der Waals surface area contributed by atoms with Crippen LogP contribution in [0.1, 0.15) is 18.7 Å². The third-order valence-electron chi connectivity index (χ3n) is 2.93. The second-order valence-electron chi connectivity index (χ2n) is 4.02. The quantitative estimate of drug-likeness (QED) is 0.898. The average Bonchev–Trinajstić information content (AvgIpc) is 2.93. The van der Waals surface area contributed by atoms with E-state index in [4.69, 9.17) is 0 Å². The SMILES string of the molecule is OCC1(c2nc3cc(Br)ccn3n2)CC1. The van der Waals surface area contributed by atoms with E-state index in [0.29, 0.717) is 0 Å². The summed E-state index contributed by atoms with van der Waals surface area (Å²) in [6.07, 6.45) is 3.84. The van der Waals surface area contributed by atoms with Crippen LogP contribution in [0.25, 0.3) is 5.65 Å². The van der Waals surface area contributed by atoms with Crippen molar-refractivity contribution in [3.05, 3.63) is 28.6 Å². The van der Waals surface area contributed by atoms with E-state index >= 15 is 0 Å². The third kappa shape index (κ3) is 1.38. The van der Waals surface area contributed by atoms with E-state index in [0.717, 1.165) is 28.8 Å². The number of hydrogen-bond acceptors (Lipinski definition) is 3. The maximum absolute atomic E-state index is 9.29. The van der Waals surface area contributed by atoms with Gasteiger partial charge in [-0.3, -0.25) is 0 Å². The van der Waals surface area contributed by atoms with Crippen LogP contribution in [0.2, 0.25) is 0 Å². The molecule has 2 heterocycles. The first-order valence-corrected chi connectivity index (χ1v) is 5.66. The molecule has 0 atom stereocenters. The molecule has 0 unspecified atom stereocenters. The Kier molecular flexibility index (Phi) is 1.87. The van der Waals surface area contributed by atoms with Gasteiger partial charge in [-0.25, -0.2) is 9.50 Å². The molecule has 2 aromatic rings. The summed E-state index contributed by atoms with van der Waals surface area (Å²) in [5.41, 5.74) is 0.664. The molecule has 0 amide bonds. The molecular weight excluding hydrogens is 258 g/mol. The fourth-order valence-corrected chi connectivity index (χ4v) is 2.01. The highest BCUT2D eigenvalue weighted by molar-refractivity contribution is 9.10. The molecule has 0 saturated heterocycles. The van der Waals surface area contributed by atoms with E-state index in [9.17, 15) is 5.11 Å². The van der Waals surface area contributed by atoms with Crippen LogP contribution in [0.3, 0.4) is 0 Å². The third-order valence-corrected chi connectivity index (χ3v) is 3.42. The normalized spacial score (nSPS) is 18.3. The van der Waals surface area contributed by atoms with E-state index in [2.05, 4.69) is 26.0 Å². The van der Waals surface area contributed by atoms with Crippen molar-refractivity contribution in [3.63, 3.8) is 0 Å². The van der Waals surface area contributed by atoms with Gasteiger partial charge < -0.3 is 5.11 Å². The van der Waals surface area contributed by atoms with Crippen LogP contribution in [0.5, 0.6) is 0 Å². The zero-order chi connectivity index (χ0) is 10.5. The molecule has 0 aromatic carbocycles. The average molecular weight is 268 g/mol. The highest BCUT2D eigenvalue weighted by Gasteiger charge is 2.47. The van der Waals surface area contributed by atoms with Gasteiger partial charge in [-0.2, -0.15) is 5.10 Å². The van der Waals surface area contributed by atoms with E-state index in [1.807, 2.05) is 18.3 Å². The van der Waals surface area contributed by atoms with Crippen molar-refractivity contribution in [2.45, 2.75) is 18.3 Å². The second kappa shape index (κ2) is 3.02. The second-order valence-corrected chi connectivity index (χ2v) is 4.94. The Hall–Kier alpha value is -0.940. The largest absolute Gasteiger partial charge is 0.395 e. The van der Waals surface area contributed by atoms with Crippen molar-refractivity contribution >= 4 is 21.6 Å². The Morgan fingerprint density at radius 3 is 3.00 bits per heavy atom. The molecule has 5 heteroatoms. The summed E-state index contributed by atoms with van der Waals surface area (Å²) in [6, 6.07) is 3.84. The molecule has 1 aliphatic rings. The fraction of sp³-hybridized carbons (Fsp3) is 0.400. The van der Waals surface area contributed by atoms with Crippen molar-refractivity contribution in [2.24, 2.45) is 0 Å². The van der Waals surface area contributed by atoms with Crippen molar-refractivity contribution in [2.75, 3.05) is 6.61 Å². The molecule has 1 fully saturated rings. The first kappa shape index (κ1) is 9.30. The summed E-state index contributed by atoms with van der Waals surface area (Å²) >= 11 is 3.39. The lowest BCUT2D eigenvalue weighted by molar-refractivity contribution is 0.250. The van der Waals surface area contributed by atoms with E-state index in [1.165, 1.54) is 0 Å². The van der Waals surface area contributed by atoms with Gasteiger partial charge in [-0.05, 0) is 25.0 Å². The number of hydrogen-bond donors (Lipinski definition) is 1. The summed E-state index contributed by atoms with van der Waals surface area (Å²) in [4.78, 5) is 4.44. The van der Waals surface area contributed by atoms with Gasteiger partial charge in [0.1, 0.15) is 0 Å². The number of rotatable bonds is 2. The Labute approximate surface area is 95.1 Å². The fourth-order valence-electron chi connectivity index (χ4n) is 1.68. The Balaban J connectivity index is 2.14. The number of nitrogens with zero attached hydrogens (tertiary/aromatic N) is 3. The molecular formula is C10H10BrN3O. The monoisotopic (exact) mass is 267 g/mol. The zero-order valence-electron chi connectivity index (χ0n) is 8.02. The van der Waals surface area contributed by atoms with Crippen molar-refractivity contribution in [3.8, 4) is 0 Å². The molecule has 3 rings (SSSR count). The van der Waals surface area contributed by atoms with Gasteiger partial charge in [-0.15, -0.1) is 0 Å². The molecule has 0 spiro atoms. The predicted octanol–water partition coefficient (Wildman–Crippen LogP) is 1.52. The molecule has 0 radical (unpaired) electrons. The summed E-state index contributed by atoms with van der Waals surface area (Å²) in [6.45, 7) is 0.144. The topological polar surface area (TPSA) is 50.4 Å². The maximum atomic E-state index is 9.29. The number of aliphatic hydroxyl groups is 1.